The third-order valence-electron chi connectivity index (χ3n) is 4.94. The number of ether oxygens (including phenoxy) is 1. The molecule has 0 saturated carbocycles. The SMILES string of the molecule is Cc1ccccc1-c1cc(NCCNS(=O)(=O)c2ccc(OC(F)(F)F)cc2)n2ncc(Br)c2n1. The molecular weight excluding hydrogens is 551 g/mol. The molecular formula is C22H19BrF3N5O3S. The largest absolute Gasteiger partial charge is 0.573 e. The number of fused-ring (bicyclic) bond motifs is 1. The molecule has 0 bridgehead atoms. The lowest BCUT2D eigenvalue weighted by atomic mass is 10.1. The first-order valence-corrected chi connectivity index (χ1v) is 12.5. The first-order chi connectivity index (χ1) is 16.5. The number of aryl methyl sites for hydroxylation is 1. The van der Waals surface area contributed by atoms with Crippen molar-refractivity contribution in [2.45, 2.75) is 18.2 Å². The van der Waals surface area contributed by atoms with E-state index < -0.39 is 22.1 Å². The van der Waals surface area contributed by atoms with Crippen LogP contribution in [0.4, 0.5) is 19.0 Å². The molecule has 13 heteroatoms. The van der Waals surface area contributed by atoms with Crippen LogP contribution < -0.4 is 14.8 Å². The highest BCUT2D eigenvalue weighted by atomic mass is 79.9. The lowest BCUT2D eigenvalue weighted by Gasteiger charge is -2.13. The van der Waals surface area contributed by atoms with E-state index in [0.717, 1.165) is 41.1 Å². The van der Waals surface area contributed by atoms with Crippen molar-refractivity contribution in [2.75, 3.05) is 18.4 Å². The minimum absolute atomic E-state index is 0.00902. The quantitative estimate of drug-likeness (QED) is 0.297. The van der Waals surface area contributed by atoms with Crippen molar-refractivity contribution < 1.29 is 26.3 Å². The van der Waals surface area contributed by atoms with Crippen LogP contribution in [0.3, 0.4) is 0 Å². The third kappa shape index (κ3) is 5.92. The zero-order chi connectivity index (χ0) is 25.2. The second-order valence-corrected chi connectivity index (χ2v) is 10.0. The Kier molecular flexibility index (Phi) is 7.01. The summed E-state index contributed by atoms with van der Waals surface area (Å²) in [6.45, 7) is 2.20. The van der Waals surface area contributed by atoms with Crippen molar-refractivity contribution in [1.82, 2.24) is 19.3 Å². The van der Waals surface area contributed by atoms with Gasteiger partial charge in [0, 0.05) is 24.7 Å². The molecule has 0 spiro atoms. The molecule has 0 unspecified atom stereocenters. The molecule has 0 aliphatic carbocycles. The van der Waals surface area contributed by atoms with Gasteiger partial charge in [0.1, 0.15) is 11.6 Å². The Bertz CT molecular complexity index is 1460. The summed E-state index contributed by atoms with van der Waals surface area (Å²) in [5.41, 5.74) is 3.31. The van der Waals surface area contributed by atoms with Crippen LogP contribution in [0.25, 0.3) is 16.9 Å². The van der Waals surface area contributed by atoms with Crippen LogP contribution in [-0.4, -0.2) is 42.5 Å². The molecule has 2 aromatic heterocycles. The van der Waals surface area contributed by atoms with Gasteiger partial charge in [-0.2, -0.15) is 9.61 Å². The Morgan fingerprint density at radius 3 is 2.49 bits per heavy atom. The minimum atomic E-state index is -4.86. The first-order valence-electron chi connectivity index (χ1n) is 10.2. The van der Waals surface area contributed by atoms with Crippen LogP contribution in [0.1, 0.15) is 5.56 Å². The standard InChI is InChI=1S/C22H19BrF3N5O3S/c1-14-4-2-3-5-17(14)19-12-20(31-21(30-19)18(23)13-28-31)27-10-11-29-35(32,33)16-8-6-15(7-9-16)34-22(24,25)26/h2-9,12-13,27,29H,10-11H2,1H3. The van der Waals surface area contributed by atoms with Crippen molar-refractivity contribution in [3.8, 4) is 17.0 Å². The van der Waals surface area contributed by atoms with Gasteiger partial charge in [-0.25, -0.2) is 18.1 Å². The molecule has 0 aliphatic rings. The number of hydrogen-bond donors (Lipinski definition) is 2. The van der Waals surface area contributed by atoms with Gasteiger partial charge in [-0.1, -0.05) is 24.3 Å². The van der Waals surface area contributed by atoms with E-state index in [1.165, 1.54) is 0 Å². The van der Waals surface area contributed by atoms with Crippen LogP contribution in [0.5, 0.6) is 5.75 Å². The number of nitrogens with one attached hydrogen (secondary N) is 2. The summed E-state index contributed by atoms with van der Waals surface area (Å²) >= 11 is 3.44. The number of alkyl halides is 3. The lowest BCUT2D eigenvalue weighted by Crippen LogP contribution is -2.29. The van der Waals surface area contributed by atoms with Crippen LogP contribution in [0.15, 0.2) is 70.2 Å². The number of benzene rings is 2. The first kappa shape index (κ1) is 24.9. The zero-order valence-electron chi connectivity index (χ0n) is 18.2. The maximum Gasteiger partial charge on any atom is 0.573 e. The summed E-state index contributed by atoms with van der Waals surface area (Å²) in [6.07, 6.45) is -3.24. The molecule has 0 radical (unpaired) electrons. The fourth-order valence-corrected chi connectivity index (χ4v) is 4.72. The summed E-state index contributed by atoms with van der Waals surface area (Å²) in [5.74, 6) is 0.0986. The predicted octanol–water partition coefficient (Wildman–Crippen LogP) is 4.76. The van der Waals surface area contributed by atoms with Crippen molar-refractivity contribution >= 4 is 37.4 Å². The van der Waals surface area contributed by atoms with E-state index in [1.807, 2.05) is 37.3 Å². The van der Waals surface area contributed by atoms with E-state index in [0.29, 0.717) is 15.9 Å². The summed E-state index contributed by atoms with van der Waals surface area (Å²) in [4.78, 5) is 4.50. The number of halogens is 4. The van der Waals surface area contributed by atoms with Crippen LogP contribution in [-0.2, 0) is 10.0 Å². The van der Waals surface area contributed by atoms with Crippen LogP contribution >= 0.6 is 15.9 Å². The van der Waals surface area contributed by atoms with Gasteiger partial charge >= 0.3 is 6.36 Å². The third-order valence-corrected chi connectivity index (χ3v) is 6.98. The zero-order valence-corrected chi connectivity index (χ0v) is 20.6. The predicted molar refractivity (Wildman–Crippen MR) is 128 cm³/mol. The minimum Gasteiger partial charge on any atom is -0.406 e. The second-order valence-electron chi connectivity index (χ2n) is 7.41. The fourth-order valence-electron chi connectivity index (χ4n) is 3.34. The van der Waals surface area contributed by atoms with Gasteiger partial charge in [0.25, 0.3) is 0 Å². The molecule has 35 heavy (non-hydrogen) atoms. The average Bonchev–Trinajstić information content (AvgIpc) is 3.17. The Morgan fingerprint density at radius 2 is 1.80 bits per heavy atom. The molecule has 0 fully saturated rings. The highest BCUT2D eigenvalue weighted by Crippen LogP contribution is 2.28. The van der Waals surface area contributed by atoms with Crippen LogP contribution in [0.2, 0.25) is 0 Å². The van der Waals surface area contributed by atoms with Gasteiger partial charge in [-0.05, 0) is 52.7 Å². The summed E-state index contributed by atoms with van der Waals surface area (Å²) in [6, 6.07) is 13.6. The Morgan fingerprint density at radius 1 is 1.09 bits per heavy atom. The number of hydrogen-bond acceptors (Lipinski definition) is 6. The van der Waals surface area contributed by atoms with E-state index in [9.17, 15) is 21.6 Å². The number of nitrogens with zero attached hydrogens (tertiary/aromatic N) is 3. The summed E-state index contributed by atoms with van der Waals surface area (Å²) < 4.78 is 70.3. The molecule has 2 N–H and O–H groups in total. The number of anilines is 1. The van der Waals surface area contributed by atoms with Crippen LogP contribution in [0, 0.1) is 6.92 Å². The average molecular weight is 570 g/mol. The van der Waals surface area contributed by atoms with E-state index in [-0.39, 0.29) is 18.0 Å². The van der Waals surface area contributed by atoms with E-state index >= 15 is 0 Å². The fraction of sp³-hybridized carbons (Fsp3) is 0.182. The Hall–Kier alpha value is -3.16. The lowest BCUT2D eigenvalue weighted by molar-refractivity contribution is -0.274. The second kappa shape index (κ2) is 9.84. The van der Waals surface area contributed by atoms with Gasteiger partial charge in [0.15, 0.2) is 5.65 Å². The van der Waals surface area contributed by atoms with E-state index in [1.54, 1.807) is 10.7 Å². The van der Waals surface area contributed by atoms with Gasteiger partial charge in [-0.3, -0.25) is 0 Å². The molecule has 0 aliphatic heterocycles. The van der Waals surface area contributed by atoms with Gasteiger partial charge < -0.3 is 10.1 Å². The molecule has 2 heterocycles. The molecule has 0 amide bonds. The molecule has 4 aromatic rings. The molecule has 2 aromatic carbocycles. The van der Waals surface area contributed by atoms with Crippen molar-refractivity contribution in [2.24, 2.45) is 0 Å². The van der Waals surface area contributed by atoms with Crippen molar-refractivity contribution in [3.63, 3.8) is 0 Å². The van der Waals surface area contributed by atoms with E-state index in [4.69, 9.17) is 0 Å². The van der Waals surface area contributed by atoms with Gasteiger partial charge in [0.2, 0.25) is 10.0 Å². The highest BCUT2D eigenvalue weighted by molar-refractivity contribution is 9.10. The normalized spacial score (nSPS) is 12.1. The highest BCUT2D eigenvalue weighted by Gasteiger charge is 2.31. The summed E-state index contributed by atoms with van der Waals surface area (Å²) in [5, 5.41) is 7.46. The molecule has 184 valence electrons. The molecule has 8 nitrogen and oxygen atoms in total. The van der Waals surface area contributed by atoms with E-state index in [2.05, 4.69) is 40.8 Å². The Labute approximate surface area is 207 Å². The number of aromatic nitrogens is 3. The topological polar surface area (TPSA) is 97.6 Å². The van der Waals surface area contributed by atoms with Crippen molar-refractivity contribution in [3.05, 3.63) is 70.8 Å². The Balaban J connectivity index is 1.46. The van der Waals surface area contributed by atoms with Crippen molar-refractivity contribution in [1.29, 1.82) is 0 Å². The summed E-state index contributed by atoms with van der Waals surface area (Å²) in [7, 11) is -3.94. The smallest absolute Gasteiger partial charge is 0.406 e. The van der Waals surface area contributed by atoms with Gasteiger partial charge in [-0.15, -0.1) is 13.2 Å². The maximum atomic E-state index is 12.5. The number of rotatable bonds is 8. The number of sulfonamides is 1. The molecule has 4 rings (SSSR count). The molecule has 0 atom stereocenters. The van der Waals surface area contributed by atoms with Gasteiger partial charge in [0.05, 0.1) is 21.3 Å². The maximum absolute atomic E-state index is 12.5. The monoisotopic (exact) mass is 569 g/mol. The molecule has 0 saturated heterocycles.